The Morgan fingerprint density at radius 3 is 3.00 bits per heavy atom. The van der Waals surface area contributed by atoms with Crippen LogP contribution >= 0.6 is 0 Å². The van der Waals surface area contributed by atoms with Crippen LogP contribution in [0.1, 0.15) is 18.2 Å². The van der Waals surface area contributed by atoms with E-state index in [1.165, 1.54) is 5.56 Å². The number of rotatable bonds is 1. The van der Waals surface area contributed by atoms with E-state index in [0.29, 0.717) is 0 Å². The second-order valence-electron chi connectivity index (χ2n) is 3.16. The summed E-state index contributed by atoms with van der Waals surface area (Å²) in [5, 5.41) is 1.15. The molecule has 13 heavy (non-hydrogen) atoms. The van der Waals surface area contributed by atoms with Gasteiger partial charge in [0.25, 0.3) is 0 Å². The standard InChI is InChI=1S/C11H12N2/c1-3-9-7-8(2)10-5-4-6-12-11(10)13-9/h4-7H,3H2,1-2H3. The Kier molecular flexibility index (Phi) is 1.97. The molecule has 0 N–H and O–H groups in total. The van der Waals surface area contributed by atoms with Crippen LogP contribution < -0.4 is 0 Å². The van der Waals surface area contributed by atoms with Crippen LogP contribution in [-0.2, 0) is 6.42 Å². The molecule has 2 rings (SSSR count). The van der Waals surface area contributed by atoms with E-state index in [-0.39, 0.29) is 0 Å². The topological polar surface area (TPSA) is 25.8 Å². The zero-order valence-corrected chi connectivity index (χ0v) is 7.91. The van der Waals surface area contributed by atoms with Gasteiger partial charge in [-0.05, 0) is 37.1 Å². The molecule has 0 aliphatic heterocycles. The lowest BCUT2D eigenvalue weighted by Crippen LogP contribution is -1.92. The van der Waals surface area contributed by atoms with Crippen molar-refractivity contribution in [3.05, 3.63) is 35.7 Å². The van der Waals surface area contributed by atoms with Crippen molar-refractivity contribution in [1.82, 2.24) is 9.97 Å². The molecule has 0 saturated heterocycles. The summed E-state index contributed by atoms with van der Waals surface area (Å²) in [5.74, 6) is 0. The second kappa shape index (κ2) is 3.13. The molecule has 0 fully saturated rings. The van der Waals surface area contributed by atoms with Crippen molar-refractivity contribution in [2.24, 2.45) is 0 Å². The molecule has 0 radical (unpaired) electrons. The zero-order valence-electron chi connectivity index (χ0n) is 7.91. The van der Waals surface area contributed by atoms with Gasteiger partial charge in [-0.1, -0.05) is 6.92 Å². The Labute approximate surface area is 77.6 Å². The molecule has 0 amide bonds. The summed E-state index contributed by atoms with van der Waals surface area (Å²) in [6.45, 7) is 4.21. The number of hydrogen-bond donors (Lipinski definition) is 0. The first kappa shape index (κ1) is 8.17. The van der Waals surface area contributed by atoms with Crippen molar-refractivity contribution in [2.45, 2.75) is 20.3 Å². The second-order valence-corrected chi connectivity index (χ2v) is 3.16. The summed E-state index contributed by atoms with van der Waals surface area (Å²) in [6, 6.07) is 6.14. The van der Waals surface area contributed by atoms with E-state index in [4.69, 9.17) is 0 Å². The number of aryl methyl sites for hydroxylation is 2. The highest BCUT2D eigenvalue weighted by atomic mass is 14.8. The molecular formula is C11H12N2. The van der Waals surface area contributed by atoms with Crippen molar-refractivity contribution in [3.8, 4) is 0 Å². The highest BCUT2D eigenvalue weighted by Crippen LogP contribution is 2.15. The highest BCUT2D eigenvalue weighted by molar-refractivity contribution is 5.78. The van der Waals surface area contributed by atoms with Crippen LogP contribution in [0.4, 0.5) is 0 Å². The van der Waals surface area contributed by atoms with Crippen LogP contribution in [0, 0.1) is 6.92 Å². The third kappa shape index (κ3) is 1.39. The molecule has 66 valence electrons. The molecule has 0 aliphatic rings. The molecular weight excluding hydrogens is 160 g/mol. The minimum absolute atomic E-state index is 0.861. The fourth-order valence-corrected chi connectivity index (χ4v) is 1.47. The van der Waals surface area contributed by atoms with E-state index >= 15 is 0 Å². The summed E-state index contributed by atoms with van der Waals surface area (Å²) >= 11 is 0. The molecule has 0 atom stereocenters. The van der Waals surface area contributed by atoms with E-state index in [1.54, 1.807) is 6.20 Å². The predicted molar refractivity (Wildman–Crippen MR) is 53.7 cm³/mol. The first-order valence-corrected chi connectivity index (χ1v) is 4.52. The lowest BCUT2D eigenvalue weighted by Gasteiger charge is -2.02. The molecule has 2 nitrogen and oxygen atoms in total. The van der Waals surface area contributed by atoms with Crippen molar-refractivity contribution >= 4 is 11.0 Å². The van der Waals surface area contributed by atoms with Crippen molar-refractivity contribution in [3.63, 3.8) is 0 Å². The number of aromatic nitrogens is 2. The van der Waals surface area contributed by atoms with Gasteiger partial charge in [0.1, 0.15) is 0 Å². The maximum atomic E-state index is 4.44. The van der Waals surface area contributed by atoms with E-state index in [0.717, 1.165) is 23.1 Å². The third-order valence-corrected chi connectivity index (χ3v) is 2.21. The SMILES string of the molecule is CCc1cc(C)c2cccnc2n1. The summed E-state index contributed by atoms with van der Waals surface area (Å²) in [6.07, 6.45) is 2.75. The average Bonchev–Trinajstić information content (AvgIpc) is 2.18. The molecule has 2 aromatic rings. The van der Waals surface area contributed by atoms with E-state index in [9.17, 15) is 0 Å². The molecule has 0 aromatic carbocycles. The van der Waals surface area contributed by atoms with Gasteiger partial charge in [-0.25, -0.2) is 9.97 Å². The van der Waals surface area contributed by atoms with E-state index in [1.807, 2.05) is 6.07 Å². The number of nitrogens with zero attached hydrogens (tertiary/aromatic N) is 2. The molecule has 2 heterocycles. The van der Waals surface area contributed by atoms with Crippen molar-refractivity contribution < 1.29 is 0 Å². The lowest BCUT2D eigenvalue weighted by molar-refractivity contribution is 1.04. The Morgan fingerprint density at radius 1 is 1.38 bits per heavy atom. The number of fused-ring (bicyclic) bond motifs is 1. The zero-order chi connectivity index (χ0) is 9.26. The largest absolute Gasteiger partial charge is 0.237 e. The Bertz CT molecular complexity index is 435. The first-order chi connectivity index (χ1) is 6.31. The quantitative estimate of drug-likeness (QED) is 0.660. The maximum Gasteiger partial charge on any atom is 0.159 e. The van der Waals surface area contributed by atoms with Gasteiger partial charge < -0.3 is 0 Å². The molecule has 0 saturated carbocycles. The molecule has 0 unspecified atom stereocenters. The first-order valence-electron chi connectivity index (χ1n) is 4.52. The van der Waals surface area contributed by atoms with Gasteiger partial charge in [-0.15, -0.1) is 0 Å². The maximum absolute atomic E-state index is 4.44. The molecule has 2 aromatic heterocycles. The van der Waals surface area contributed by atoms with Crippen LogP contribution in [0.15, 0.2) is 24.4 Å². The summed E-state index contributed by atoms with van der Waals surface area (Å²) in [5.41, 5.74) is 3.23. The Morgan fingerprint density at radius 2 is 2.23 bits per heavy atom. The summed E-state index contributed by atoms with van der Waals surface area (Å²) < 4.78 is 0. The van der Waals surface area contributed by atoms with Gasteiger partial charge in [-0.3, -0.25) is 0 Å². The molecule has 0 spiro atoms. The monoisotopic (exact) mass is 172 g/mol. The van der Waals surface area contributed by atoms with Crippen molar-refractivity contribution in [2.75, 3.05) is 0 Å². The van der Waals surface area contributed by atoms with Gasteiger partial charge >= 0.3 is 0 Å². The number of pyridine rings is 2. The fourth-order valence-electron chi connectivity index (χ4n) is 1.47. The van der Waals surface area contributed by atoms with Crippen LogP contribution in [-0.4, -0.2) is 9.97 Å². The third-order valence-electron chi connectivity index (χ3n) is 2.21. The lowest BCUT2D eigenvalue weighted by atomic mass is 10.1. The van der Waals surface area contributed by atoms with Gasteiger partial charge in [0.15, 0.2) is 5.65 Å². The minimum atomic E-state index is 0.861. The van der Waals surface area contributed by atoms with Crippen molar-refractivity contribution in [1.29, 1.82) is 0 Å². The van der Waals surface area contributed by atoms with Gasteiger partial charge in [0.05, 0.1) is 0 Å². The normalized spacial score (nSPS) is 10.6. The molecule has 2 heteroatoms. The minimum Gasteiger partial charge on any atom is -0.237 e. The van der Waals surface area contributed by atoms with Gasteiger partial charge in [0, 0.05) is 17.3 Å². The summed E-state index contributed by atoms with van der Waals surface area (Å²) in [7, 11) is 0. The highest BCUT2D eigenvalue weighted by Gasteiger charge is 2.00. The fraction of sp³-hybridized carbons (Fsp3) is 0.273. The Hall–Kier alpha value is -1.44. The smallest absolute Gasteiger partial charge is 0.159 e. The van der Waals surface area contributed by atoms with Crippen LogP contribution in [0.25, 0.3) is 11.0 Å². The predicted octanol–water partition coefficient (Wildman–Crippen LogP) is 2.50. The van der Waals surface area contributed by atoms with E-state index < -0.39 is 0 Å². The van der Waals surface area contributed by atoms with E-state index in [2.05, 4.69) is 35.9 Å². The molecule has 0 aliphatic carbocycles. The van der Waals surface area contributed by atoms with Crippen LogP contribution in [0.3, 0.4) is 0 Å². The van der Waals surface area contributed by atoms with Crippen LogP contribution in [0.2, 0.25) is 0 Å². The number of hydrogen-bond acceptors (Lipinski definition) is 2. The summed E-state index contributed by atoms with van der Waals surface area (Å²) in [4.78, 5) is 8.68. The van der Waals surface area contributed by atoms with Gasteiger partial charge in [0.2, 0.25) is 0 Å². The Balaban J connectivity index is 2.77. The van der Waals surface area contributed by atoms with Gasteiger partial charge in [-0.2, -0.15) is 0 Å². The average molecular weight is 172 g/mol. The van der Waals surface area contributed by atoms with Crippen LogP contribution in [0.5, 0.6) is 0 Å². The molecule has 0 bridgehead atoms.